The van der Waals surface area contributed by atoms with Gasteiger partial charge in [0.1, 0.15) is 35.4 Å². The van der Waals surface area contributed by atoms with E-state index in [0.717, 1.165) is 67.8 Å². The number of hydrogen-bond donors (Lipinski definition) is 0. The van der Waals surface area contributed by atoms with Gasteiger partial charge < -0.3 is 0 Å². The number of nitrogens with zero attached hydrogens (tertiary/aromatic N) is 4. The second kappa shape index (κ2) is 12.3. The van der Waals surface area contributed by atoms with Crippen molar-refractivity contribution >= 4 is 54.0 Å². The third-order valence-electron chi connectivity index (χ3n) is 6.16. The highest BCUT2D eigenvalue weighted by Crippen LogP contribution is 2.38. The van der Waals surface area contributed by atoms with Crippen LogP contribution in [0.1, 0.15) is 76.3 Å². The molecule has 0 unspecified atom stereocenters. The minimum atomic E-state index is 0.156. The number of rotatable bonds is 10. The zero-order chi connectivity index (χ0) is 24.5. The smallest absolute Gasteiger partial charge is 0.146 e. The summed E-state index contributed by atoms with van der Waals surface area (Å²) in [7, 11) is 0. The number of unbranched alkanes of at least 4 members (excludes halogenated alkanes) is 6. The quantitative estimate of drug-likeness (QED) is 0.297. The van der Waals surface area contributed by atoms with Gasteiger partial charge in [0.25, 0.3) is 0 Å². The average Bonchev–Trinajstić information content (AvgIpc) is 3.47. The van der Waals surface area contributed by atoms with Crippen LogP contribution in [0.3, 0.4) is 0 Å². The molecule has 172 valence electrons. The number of nitriles is 4. The van der Waals surface area contributed by atoms with Gasteiger partial charge in [0.05, 0.1) is 9.06 Å². The van der Waals surface area contributed by atoms with Gasteiger partial charge in [0, 0.05) is 9.40 Å². The molecule has 0 saturated heterocycles. The molecule has 0 radical (unpaired) electrons. The summed E-state index contributed by atoms with van der Waals surface area (Å²) in [6.07, 6.45) is 10.9. The predicted molar refractivity (Wildman–Crippen MR) is 141 cm³/mol. The second-order valence-corrected chi connectivity index (χ2v) is 10.6. The number of thiophene rings is 2. The number of benzene rings is 1. The third kappa shape index (κ3) is 5.32. The molecular formula is C28H28N4S2. The van der Waals surface area contributed by atoms with Crippen LogP contribution in [-0.2, 0) is 12.8 Å². The van der Waals surface area contributed by atoms with E-state index in [1.54, 1.807) is 0 Å². The molecule has 0 bridgehead atoms. The molecule has 3 rings (SSSR count). The summed E-state index contributed by atoms with van der Waals surface area (Å²) < 4.78 is 3.74. The summed E-state index contributed by atoms with van der Waals surface area (Å²) in [6, 6.07) is 12.3. The van der Waals surface area contributed by atoms with Crippen LogP contribution in [-0.4, -0.2) is 0 Å². The van der Waals surface area contributed by atoms with E-state index in [4.69, 9.17) is 0 Å². The van der Waals surface area contributed by atoms with Gasteiger partial charge in [-0.3, -0.25) is 0 Å². The maximum atomic E-state index is 9.48. The fourth-order valence-corrected chi connectivity index (χ4v) is 6.83. The highest BCUT2D eigenvalue weighted by atomic mass is 32.1. The molecule has 3 aromatic rings. The zero-order valence-corrected chi connectivity index (χ0v) is 21.5. The van der Waals surface area contributed by atoms with E-state index in [1.165, 1.54) is 59.5 Å². The number of fused-ring (bicyclic) bond motifs is 2. The first-order valence-electron chi connectivity index (χ1n) is 12.0. The minimum Gasteiger partial charge on any atom is -0.192 e. The van der Waals surface area contributed by atoms with Crippen molar-refractivity contribution in [3.8, 4) is 24.3 Å². The van der Waals surface area contributed by atoms with Crippen LogP contribution in [0, 0.1) is 45.3 Å². The van der Waals surface area contributed by atoms with Crippen molar-refractivity contribution in [2.45, 2.75) is 78.1 Å². The Labute approximate surface area is 209 Å². The van der Waals surface area contributed by atoms with Gasteiger partial charge in [-0.25, -0.2) is 0 Å². The Morgan fingerprint density at radius 3 is 1.32 bits per heavy atom. The fraction of sp³-hybridized carbons (Fsp3) is 0.429. The van der Waals surface area contributed by atoms with Crippen molar-refractivity contribution in [2.75, 3.05) is 0 Å². The molecule has 0 amide bonds. The summed E-state index contributed by atoms with van der Waals surface area (Å²) in [5.41, 5.74) is 2.76. The van der Waals surface area contributed by atoms with Crippen molar-refractivity contribution in [3.05, 3.63) is 32.3 Å². The predicted octanol–water partition coefficient (Wildman–Crippen LogP) is 6.76. The van der Waals surface area contributed by atoms with Crippen LogP contribution in [0.4, 0.5) is 0 Å². The lowest BCUT2D eigenvalue weighted by atomic mass is 9.95. The molecule has 6 heteroatoms. The van der Waals surface area contributed by atoms with Gasteiger partial charge >= 0.3 is 0 Å². The molecule has 0 aliphatic rings. The van der Waals surface area contributed by atoms with E-state index in [2.05, 4.69) is 38.1 Å². The van der Waals surface area contributed by atoms with E-state index in [9.17, 15) is 21.0 Å². The Morgan fingerprint density at radius 2 is 1.00 bits per heavy atom. The van der Waals surface area contributed by atoms with E-state index in [-0.39, 0.29) is 11.1 Å². The molecule has 0 spiro atoms. The summed E-state index contributed by atoms with van der Waals surface area (Å²) in [5, 5.41) is 40.2. The Hall–Kier alpha value is -3.16. The standard InChI is InChI=1S/C28H28N4S2/c1-3-5-7-9-11-21-23-13-25(19(15-29)16-30)34-28(23)22(12-10-8-6-4-2)24-14-26(33-27(21)24)20(17-31)18-32/h13-14H,3-12H2,1-2H3. The number of hydrogen-bond acceptors (Lipinski definition) is 6. The lowest BCUT2D eigenvalue weighted by Gasteiger charge is -2.11. The first-order valence-corrected chi connectivity index (χ1v) is 13.6. The van der Waals surface area contributed by atoms with E-state index in [1.807, 2.05) is 12.1 Å². The molecule has 0 aliphatic heterocycles. The highest BCUT2D eigenvalue weighted by Gasteiger charge is 2.19. The topological polar surface area (TPSA) is 95.2 Å². The van der Waals surface area contributed by atoms with Gasteiger partial charge in [-0.2, -0.15) is 21.0 Å². The maximum absolute atomic E-state index is 9.48. The third-order valence-corrected chi connectivity index (χ3v) is 8.59. The molecule has 2 heterocycles. The monoisotopic (exact) mass is 484 g/mol. The van der Waals surface area contributed by atoms with Crippen LogP contribution in [0.25, 0.3) is 31.3 Å². The molecule has 0 atom stereocenters. The van der Waals surface area contributed by atoms with Gasteiger partial charge in [-0.05, 0) is 59.7 Å². The van der Waals surface area contributed by atoms with Crippen molar-refractivity contribution < 1.29 is 0 Å². The van der Waals surface area contributed by atoms with Crippen molar-refractivity contribution in [1.82, 2.24) is 0 Å². The molecule has 1 aromatic carbocycles. The summed E-state index contributed by atoms with van der Waals surface area (Å²) in [6.45, 7) is 4.39. The average molecular weight is 485 g/mol. The molecule has 4 nitrogen and oxygen atoms in total. The van der Waals surface area contributed by atoms with Crippen molar-refractivity contribution in [2.24, 2.45) is 0 Å². The van der Waals surface area contributed by atoms with Gasteiger partial charge in [0.15, 0.2) is 0 Å². The van der Waals surface area contributed by atoms with Crippen LogP contribution in [0.5, 0.6) is 0 Å². The van der Waals surface area contributed by atoms with Crippen molar-refractivity contribution in [3.63, 3.8) is 0 Å². The summed E-state index contributed by atoms with van der Waals surface area (Å²) >= 11 is 3.07. The molecule has 0 N–H and O–H groups in total. The molecule has 34 heavy (non-hydrogen) atoms. The first-order chi connectivity index (χ1) is 16.6. The number of aryl methyl sites for hydroxylation is 2. The molecule has 0 saturated carbocycles. The second-order valence-electron chi connectivity index (χ2n) is 8.48. The first kappa shape index (κ1) is 25.5. The normalized spacial score (nSPS) is 10.5. The van der Waals surface area contributed by atoms with Crippen LogP contribution >= 0.6 is 22.7 Å². The minimum absolute atomic E-state index is 0.156. The van der Waals surface area contributed by atoms with E-state index < -0.39 is 0 Å². The largest absolute Gasteiger partial charge is 0.192 e. The Balaban J connectivity index is 2.37. The molecule has 0 fully saturated rings. The lowest BCUT2D eigenvalue weighted by molar-refractivity contribution is 0.668. The SMILES string of the molecule is CCCCCCc1c2cc(=C(C#N)C#N)sc2c(CCCCCC)c2cc(=C(C#N)C#N)sc12. The van der Waals surface area contributed by atoms with Crippen LogP contribution < -0.4 is 9.06 Å². The molecular weight excluding hydrogens is 456 g/mol. The van der Waals surface area contributed by atoms with E-state index in [0.29, 0.717) is 0 Å². The Morgan fingerprint density at radius 1 is 0.618 bits per heavy atom. The summed E-state index contributed by atoms with van der Waals surface area (Å²) in [5.74, 6) is 0. The van der Waals surface area contributed by atoms with Crippen LogP contribution in [0.15, 0.2) is 12.1 Å². The van der Waals surface area contributed by atoms with E-state index >= 15 is 0 Å². The fourth-order valence-electron chi connectivity index (χ4n) is 4.39. The highest BCUT2D eigenvalue weighted by molar-refractivity contribution is 7.19. The molecule has 0 aliphatic carbocycles. The van der Waals surface area contributed by atoms with Gasteiger partial charge in [-0.15, -0.1) is 22.7 Å². The summed E-state index contributed by atoms with van der Waals surface area (Å²) in [4.78, 5) is 0. The van der Waals surface area contributed by atoms with Gasteiger partial charge in [0.2, 0.25) is 0 Å². The van der Waals surface area contributed by atoms with Gasteiger partial charge in [-0.1, -0.05) is 52.4 Å². The lowest BCUT2D eigenvalue weighted by Crippen LogP contribution is -1.95. The molecule has 2 aromatic heterocycles. The Kier molecular flexibility index (Phi) is 9.24. The zero-order valence-electron chi connectivity index (χ0n) is 19.8. The maximum Gasteiger partial charge on any atom is 0.146 e. The van der Waals surface area contributed by atoms with Crippen LogP contribution in [0.2, 0.25) is 0 Å². The van der Waals surface area contributed by atoms with Crippen molar-refractivity contribution in [1.29, 1.82) is 21.0 Å². The Bertz CT molecular complexity index is 1270.